The van der Waals surface area contributed by atoms with Crippen molar-refractivity contribution in [3.63, 3.8) is 0 Å². The molecule has 0 aliphatic carbocycles. The Kier molecular flexibility index (Phi) is 7.88. The van der Waals surface area contributed by atoms with Crippen LogP contribution in [0.15, 0.2) is 24.3 Å². The summed E-state index contributed by atoms with van der Waals surface area (Å²) in [6.45, 7) is 0.927. The van der Waals surface area contributed by atoms with Gasteiger partial charge in [-0.25, -0.2) is 4.79 Å². The molecule has 26 heavy (non-hydrogen) atoms. The maximum atomic E-state index is 12.7. The number of nitrogens with zero attached hydrogens (tertiary/aromatic N) is 3. The molecule has 0 bridgehead atoms. The molecule has 0 atom stereocenters. The summed E-state index contributed by atoms with van der Waals surface area (Å²) in [5, 5.41) is 0. The van der Waals surface area contributed by atoms with Crippen molar-refractivity contribution >= 4 is 12.0 Å². The summed E-state index contributed by atoms with van der Waals surface area (Å²) < 4.78 is 42.5. The summed E-state index contributed by atoms with van der Waals surface area (Å²) >= 11 is 0. The van der Waals surface area contributed by atoms with Gasteiger partial charge in [0.2, 0.25) is 5.91 Å². The Hall–Kier alpha value is -2.29. The SMILES string of the molecule is COC(=O)N(C)CC(=O)N(CCN(C)C)Cc1ccc(C(F)(F)F)cc1. The highest BCUT2D eigenvalue weighted by Crippen LogP contribution is 2.29. The van der Waals surface area contributed by atoms with E-state index in [4.69, 9.17) is 0 Å². The molecule has 1 aromatic rings. The van der Waals surface area contributed by atoms with Crippen LogP contribution in [0.2, 0.25) is 0 Å². The van der Waals surface area contributed by atoms with E-state index in [9.17, 15) is 22.8 Å². The van der Waals surface area contributed by atoms with Crippen molar-refractivity contribution in [2.75, 3.05) is 47.9 Å². The highest BCUT2D eigenvalue weighted by atomic mass is 19.4. The molecule has 0 aliphatic heterocycles. The maximum absolute atomic E-state index is 12.7. The Balaban J connectivity index is 2.85. The van der Waals surface area contributed by atoms with Gasteiger partial charge in [-0.15, -0.1) is 0 Å². The van der Waals surface area contributed by atoms with Crippen LogP contribution < -0.4 is 0 Å². The monoisotopic (exact) mass is 375 g/mol. The van der Waals surface area contributed by atoms with Crippen molar-refractivity contribution in [1.29, 1.82) is 0 Å². The molecule has 1 aromatic carbocycles. The molecule has 0 aliphatic rings. The van der Waals surface area contributed by atoms with E-state index in [0.29, 0.717) is 18.7 Å². The summed E-state index contributed by atoms with van der Waals surface area (Å²) in [4.78, 5) is 28.5. The zero-order valence-electron chi connectivity index (χ0n) is 15.3. The lowest BCUT2D eigenvalue weighted by molar-refractivity contribution is -0.137. The van der Waals surface area contributed by atoms with Gasteiger partial charge in [-0.1, -0.05) is 12.1 Å². The molecular formula is C17H24F3N3O3. The zero-order chi connectivity index (χ0) is 19.9. The van der Waals surface area contributed by atoms with Crippen molar-refractivity contribution in [2.45, 2.75) is 12.7 Å². The third kappa shape index (κ3) is 6.91. The molecule has 0 heterocycles. The summed E-state index contributed by atoms with van der Waals surface area (Å²) in [6, 6.07) is 4.68. The van der Waals surface area contributed by atoms with Crippen LogP contribution in [0.4, 0.5) is 18.0 Å². The lowest BCUT2D eigenvalue weighted by atomic mass is 10.1. The number of carbonyl (C=O) groups excluding carboxylic acids is 2. The van der Waals surface area contributed by atoms with Crippen molar-refractivity contribution in [1.82, 2.24) is 14.7 Å². The predicted octanol–water partition coefficient (Wildman–Crippen LogP) is 2.29. The molecule has 0 saturated carbocycles. The van der Waals surface area contributed by atoms with Crippen LogP contribution in [0.25, 0.3) is 0 Å². The van der Waals surface area contributed by atoms with Gasteiger partial charge in [0, 0.05) is 26.7 Å². The van der Waals surface area contributed by atoms with Gasteiger partial charge < -0.3 is 19.4 Å². The fourth-order valence-electron chi connectivity index (χ4n) is 2.16. The fraction of sp³-hybridized carbons (Fsp3) is 0.529. The fourth-order valence-corrected chi connectivity index (χ4v) is 2.16. The van der Waals surface area contributed by atoms with E-state index in [1.54, 1.807) is 0 Å². The van der Waals surface area contributed by atoms with E-state index in [0.717, 1.165) is 17.0 Å². The lowest BCUT2D eigenvalue weighted by Crippen LogP contribution is -2.43. The minimum Gasteiger partial charge on any atom is -0.453 e. The third-order valence-corrected chi connectivity index (χ3v) is 3.68. The molecule has 0 aromatic heterocycles. The van der Waals surface area contributed by atoms with Crippen molar-refractivity contribution in [3.8, 4) is 0 Å². The second-order valence-corrected chi connectivity index (χ2v) is 6.14. The van der Waals surface area contributed by atoms with Crippen molar-refractivity contribution in [2.24, 2.45) is 0 Å². The van der Waals surface area contributed by atoms with Crippen LogP contribution in [0.3, 0.4) is 0 Å². The average Bonchev–Trinajstić information content (AvgIpc) is 2.56. The molecular weight excluding hydrogens is 351 g/mol. The molecule has 0 spiro atoms. The van der Waals surface area contributed by atoms with E-state index in [1.807, 2.05) is 19.0 Å². The van der Waals surface area contributed by atoms with Gasteiger partial charge >= 0.3 is 12.3 Å². The van der Waals surface area contributed by atoms with Crippen molar-refractivity contribution in [3.05, 3.63) is 35.4 Å². The summed E-state index contributed by atoms with van der Waals surface area (Å²) in [6.07, 6.45) is -5.04. The number of ether oxygens (including phenoxy) is 1. The first-order valence-corrected chi connectivity index (χ1v) is 7.92. The van der Waals surface area contributed by atoms with Crippen LogP contribution in [0, 0.1) is 0 Å². The quantitative estimate of drug-likeness (QED) is 0.734. The number of carbonyl (C=O) groups is 2. The molecule has 146 valence electrons. The van der Waals surface area contributed by atoms with Gasteiger partial charge in [-0.2, -0.15) is 13.2 Å². The van der Waals surface area contributed by atoms with Crippen LogP contribution in [-0.4, -0.2) is 74.6 Å². The topological polar surface area (TPSA) is 53.1 Å². The summed E-state index contributed by atoms with van der Waals surface area (Å²) in [5.41, 5.74) is -0.163. The number of hydrogen-bond donors (Lipinski definition) is 0. The van der Waals surface area contributed by atoms with Crippen LogP contribution in [0.5, 0.6) is 0 Å². The van der Waals surface area contributed by atoms with Gasteiger partial charge in [0.05, 0.1) is 12.7 Å². The third-order valence-electron chi connectivity index (χ3n) is 3.68. The van der Waals surface area contributed by atoms with E-state index in [1.165, 1.54) is 31.2 Å². The van der Waals surface area contributed by atoms with Gasteiger partial charge in [0.15, 0.2) is 0 Å². The van der Waals surface area contributed by atoms with Crippen LogP contribution >= 0.6 is 0 Å². The Labute approximate surface area is 151 Å². The molecule has 2 amide bonds. The Morgan fingerprint density at radius 2 is 1.62 bits per heavy atom. The number of alkyl halides is 3. The van der Waals surface area contributed by atoms with E-state index in [-0.39, 0.29) is 19.0 Å². The van der Waals surface area contributed by atoms with Gasteiger partial charge in [0.25, 0.3) is 0 Å². The molecule has 0 N–H and O–H groups in total. The second-order valence-electron chi connectivity index (χ2n) is 6.14. The predicted molar refractivity (Wildman–Crippen MR) is 90.5 cm³/mol. The standard InChI is InChI=1S/C17H24F3N3O3/c1-21(2)9-10-23(15(24)12-22(3)16(25)26-4)11-13-5-7-14(8-6-13)17(18,19)20/h5-8H,9-12H2,1-4H3. The Morgan fingerprint density at radius 1 is 1.04 bits per heavy atom. The number of benzene rings is 1. The van der Waals surface area contributed by atoms with Gasteiger partial charge in [0.1, 0.15) is 6.54 Å². The van der Waals surface area contributed by atoms with Gasteiger partial charge in [-0.05, 0) is 31.8 Å². The van der Waals surface area contributed by atoms with Crippen molar-refractivity contribution < 1.29 is 27.5 Å². The van der Waals surface area contributed by atoms with Crippen LogP contribution in [-0.2, 0) is 22.3 Å². The largest absolute Gasteiger partial charge is 0.453 e. The minimum absolute atomic E-state index is 0.153. The molecule has 0 radical (unpaired) electrons. The molecule has 9 heteroatoms. The maximum Gasteiger partial charge on any atom is 0.416 e. The molecule has 0 fully saturated rings. The number of amides is 2. The minimum atomic E-state index is -4.40. The zero-order valence-corrected chi connectivity index (χ0v) is 15.3. The average molecular weight is 375 g/mol. The first-order chi connectivity index (χ1) is 12.0. The van der Waals surface area contributed by atoms with Crippen LogP contribution in [0.1, 0.15) is 11.1 Å². The molecule has 0 saturated heterocycles. The first kappa shape index (κ1) is 21.8. The number of halogens is 3. The Bertz CT molecular complexity index is 604. The lowest BCUT2D eigenvalue weighted by Gasteiger charge is -2.26. The van der Waals surface area contributed by atoms with Gasteiger partial charge in [-0.3, -0.25) is 4.79 Å². The number of hydrogen-bond acceptors (Lipinski definition) is 4. The van der Waals surface area contributed by atoms with E-state index >= 15 is 0 Å². The van der Waals surface area contributed by atoms with E-state index < -0.39 is 17.8 Å². The normalized spacial score (nSPS) is 11.4. The highest BCUT2D eigenvalue weighted by Gasteiger charge is 2.30. The molecule has 1 rings (SSSR count). The number of likely N-dealkylation sites (N-methyl/N-ethyl adjacent to an activating group) is 2. The van der Waals surface area contributed by atoms with E-state index in [2.05, 4.69) is 4.74 Å². The summed E-state index contributed by atoms with van der Waals surface area (Å²) in [5.74, 6) is -0.320. The summed E-state index contributed by atoms with van der Waals surface area (Å²) in [7, 11) is 6.35. The molecule has 0 unspecified atom stereocenters. The first-order valence-electron chi connectivity index (χ1n) is 7.92. The Morgan fingerprint density at radius 3 is 2.08 bits per heavy atom. The number of methoxy groups -OCH3 is 1. The smallest absolute Gasteiger partial charge is 0.416 e. The second kappa shape index (κ2) is 9.42. The number of rotatable bonds is 7. The highest BCUT2D eigenvalue weighted by molar-refractivity contribution is 5.82. The molecule has 6 nitrogen and oxygen atoms in total.